The third-order valence-electron chi connectivity index (χ3n) is 4.64. The highest BCUT2D eigenvalue weighted by atomic mass is 16.7. The van der Waals surface area contributed by atoms with E-state index in [0.29, 0.717) is 12.5 Å². The number of carbonyl (C=O) groups is 1. The van der Waals surface area contributed by atoms with Gasteiger partial charge in [-0.25, -0.2) is 0 Å². The van der Waals surface area contributed by atoms with Crippen LogP contribution >= 0.6 is 0 Å². The van der Waals surface area contributed by atoms with Crippen LogP contribution in [0.1, 0.15) is 34.1 Å². The van der Waals surface area contributed by atoms with Crippen LogP contribution in [0.15, 0.2) is 0 Å². The number of rotatable bonds is 1. The molecule has 0 bridgehead atoms. The molecule has 0 aliphatic carbocycles. The maximum absolute atomic E-state index is 12.2. The van der Waals surface area contributed by atoms with Crippen molar-refractivity contribution in [1.29, 1.82) is 0 Å². The smallest absolute Gasteiger partial charge is 0.180 e. The Labute approximate surface area is 109 Å². The summed E-state index contributed by atoms with van der Waals surface area (Å²) in [7, 11) is 0. The Kier molecular flexibility index (Phi) is 3.81. The minimum atomic E-state index is -0.830. The predicted octanol–water partition coefficient (Wildman–Crippen LogP) is 1.61. The highest BCUT2D eigenvalue weighted by Crippen LogP contribution is 2.45. The van der Waals surface area contributed by atoms with Crippen LogP contribution in [-0.4, -0.2) is 36.0 Å². The Morgan fingerprint density at radius 1 is 1.33 bits per heavy atom. The van der Waals surface area contributed by atoms with Gasteiger partial charge in [0.05, 0.1) is 25.2 Å². The van der Waals surface area contributed by atoms with Gasteiger partial charge in [0.25, 0.3) is 0 Å². The zero-order valence-electron chi connectivity index (χ0n) is 11.7. The lowest BCUT2D eigenvalue weighted by atomic mass is 9.74. The van der Waals surface area contributed by atoms with Crippen LogP contribution < -0.4 is 0 Å². The summed E-state index contributed by atoms with van der Waals surface area (Å²) >= 11 is 0. The van der Waals surface area contributed by atoms with Crippen LogP contribution in [0.2, 0.25) is 0 Å². The lowest BCUT2D eigenvalue weighted by Crippen LogP contribution is -2.61. The first-order chi connectivity index (χ1) is 8.42. The Morgan fingerprint density at radius 2 is 2.00 bits per heavy atom. The van der Waals surface area contributed by atoms with Crippen molar-refractivity contribution in [3.8, 4) is 0 Å². The number of hydrogen-bond acceptors (Lipinski definition) is 4. The zero-order chi connectivity index (χ0) is 13.5. The summed E-state index contributed by atoms with van der Waals surface area (Å²) in [5, 5.41) is 9.40. The van der Waals surface area contributed by atoms with Gasteiger partial charge in [0, 0.05) is 11.8 Å². The molecule has 6 atom stereocenters. The Hall–Kier alpha value is -0.450. The summed E-state index contributed by atoms with van der Waals surface area (Å²) < 4.78 is 12.0. The van der Waals surface area contributed by atoms with Crippen LogP contribution in [0, 0.1) is 23.7 Å². The van der Waals surface area contributed by atoms with Crippen molar-refractivity contribution in [2.75, 3.05) is 13.2 Å². The molecule has 18 heavy (non-hydrogen) atoms. The lowest BCUT2D eigenvalue weighted by molar-refractivity contribution is -0.345. The summed E-state index contributed by atoms with van der Waals surface area (Å²) in [5.74, 6) is -0.489. The zero-order valence-corrected chi connectivity index (χ0v) is 11.7. The molecule has 4 nitrogen and oxygen atoms in total. The van der Waals surface area contributed by atoms with Crippen molar-refractivity contribution in [3.05, 3.63) is 0 Å². The van der Waals surface area contributed by atoms with Crippen molar-refractivity contribution in [2.24, 2.45) is 23.7 Å². The number of ketones is 1. The fourth-order valence-corrected chi connectivity index (χ4v) is 3.35. The van der Waals surface area contributed by atoms with Gasteiger partial charge in [-0.15, -0.1) is 0 Å². The van der Waals surface area contributed by atoms with Gasteiger partial charge in [-0.2, -0.15) is 0 Å². The lowest BCUT2D eigenvalue weighted by Gasteiger charge is -2.52. The third kappa shape index (κ3) is 2.00. The summed E-state index contributed by atoms with van der Waals surface area (Å²) in [5.41, 5.74) is 0. The Balaban J connectivity index is 2.26. The Bertz CT molecular complexity index is 330. The maximum atomic E-state index is 12.2. The molecule has 2 heterocycles. The highest BCUT2D eigenvalue weighted by Gasteiger charge is 2.55. The normalized spacial score (nSPS) is 49.6. The second kappa shape index (κ2) is 4.91. The molecule has 104 valence electrons. The van der Waals surface area contributed by atoms with Crippen molar-refractivity contribution in [1.82, 2.24) is 0 Å². The average Bonchev–Trinajstić information content (AvgIpc) is 2.35. The van der Waals surface area contributed by atoms with Gasteiger partial charge in [-0.3, -0.25) is 4.79 Å². The first-order valence-corrected chi connectivity index (χ1v) is 6.88. The van der Waals surface area contributed by atoms with Crippen LogP contribution in [-0.2, 0) is 14.3 Å². The van der Waals surface area contributed by atoms with E-state index >= 15 is 0 Å². The molecular weight excluding hydrogens is 232 g/mol. The molecule has 2 saturated heterocycles. The molecule has 2 rings (SSSR count). The molecule has 0 saturated carbocycles. The van der Waals surface area contributed by atoms with E-state index in [0.717, 1.165) is 6.42 Å². The number of Topliss-reactive ketones (excluding diaryl/α,β-unsaturated/α-hetero) is 1. The SMILES string of the molecule is C[C@@H]1CO[C@@]2(O[C@@H](CO)[C@H](C)C[C@@H]2C)[C@@H](C)C1=O. The van der Waals surface area contributed by atoms with Gasteiger partial charge < -0.3 is 14.6 Å². The molecule has 1 N–H and O–H groups in total. The quantitative estimate of drug-likeness (QED) is 0.774. The molecular formula is C14H24O4. The molecule has 0 unspecified atom stereocenters. The van der Waals surface area contributed by atoms with Crippen molar-refractivity contribution in [2.45, 2.75) is 46.0 Å². The van der Waals surface area contributed by atoms with E-state index in [9.17, 15) is 9.90 Å². The topological polar surface area (TPSA) is 55.8 Å². The summed E-state index contributed by atoms with van der Waals surface area (Å²) in [6.07, 6.45) is 0.682. The van der Waals surface area contributed by atoms with E-state index in [1.807, 2.05) is 13.8 Å². The number of aliphatic hydroxyl groups excluding tert-OH is 1. The molecule has 2 aliphatic rings. The molecule has 4 heteroatoms. The van der Waals surface area contributed by atoms with Crippen LogP contribution in [0.3, 0.4) is 0 Å². The van der Waals surface area contributed by atoms with E-state index in [1.54, 1.807) is 0 Å². The minimum Gasteiger partial charge on any atom is -0.394 e. The first-order valence-electron chi connectivity index (χ1n) is 6.88. The maximum Gasteiger partial charge on any atom is 0.180 e. The van der Waals surface area contributed by atoms with Gasteiger partial charge >= 0.3 is 0 Å². The van der Waals surface area contributed by atoms with Crippen molar-refractivity contribution in [3.63, 3.8) is 0 Å². The van der Waals surface area contributed by atoms with Gasteiger partial charge in [0.2, 0.25) is 0 Å². The van der Waals surface area contributed by atoms with Crippen LogP contribution in [0.5, 0.6) is 0 Å². The van der Waals surface area contributed by atoms with Gasteiger partial charge in [-0.05, 0) is 12.3 Å². The van der Waals surface area contributed by atoms with E-state index < -0.39 is 5.79 Å². The number of aliphatic hydroxyl groups is 1. The fourth-order valence-electron chi connectivity index (χ4n) is 3.35. The van der Waals surface area contributed by atoms with E-state index in [-0.39, 0.29) is 36.2 Å². The number of carbonyl (C=O) groups excluding carboxylic acids is 1. The minimum absolute atomic E-state index is 0.0184. The van der Waals surface area contributed by atoms with Crippen molar-refractivity contribution < 1.29 is 19.4 Å². The average molecular weight is 256 g/mol. The number of ether oxygens (including phenoxy) is 2. The molecule has 0 aromatic carbocycles. The monoisotopic (exact) mass is 256 g/mol. The summed E-state index contributed by atoms with van der Waals surface area (Å²) in [6.45, 7) is 8.33. The number of hydrogen-bond donors (Lipinski definition) is 1. The second-order valence-corrected chi connectivity index (χ2v) is 6.01. The summed E-state index contributed by atoms with van der Waals surface area (Å²) in [4.78, 5) is 12.2. The van der Waals surface area contributed by atoms with E-state index in [4.69, 9.17) is 9.47 Å². The van der Waals surface area contributed by atoms with Crippen LogP contribution in [0.4, 0.5) is 0 Å². The molecule has 0 amide bonds. The standard InChI is InChI=1S/C14H24O4/c1-8-5-10(3)14(18-12(8)6-15)11(4)13(16)9(2)7-17-14/h8-12,15H,5-7H2,1-4H3/t8-,9-,10+,11+,12+,14+/m1/s1. The first kappa shape index (κ1) is 14.0. The summed E-state index contributed by atoms with van der Waals surface area (Å²) in [6, 6.07) is 0. The largest absolute Gasteiger partial charge is 0.394 e. The molecule has 0 aromatic heterocycles. The van der Waals surface area contributed by atoms with Crippen molar-refractivity contribution >= 4 is 5.78 Å². The molecule has 1 spiro atoms. The van der Waals surface area contributed by atoms with E-state index in [2.05, 4.69) is 13.8 Å². The van der Waals surface area contributed by atoms with Gasteiger partial charge in [0.1, 0.15) is 5.78 Å². The molecule has 0 radical (unpaired) electrons. The van der Waals surface area contributed by atoms with Gasteiger partial charge in [-0.1, -0.05) is 27.7 Å². The highest BCUT2D eigenvalue weighted by molar-refractivity contribution is 5.84. The predicted molar refractivity (Wildman–Crippen MR) is 66.9 cm³/mol. The molecule has 2 aliphatic heterocycles. The second-order valence-electron chi connectivity index (χ2n) is 6.01. The molecule has 2 fully saturated rings. The van der Waals surface area contributed by atoms with Crippen LogP contribution in [0.25, 0.3) is 0 Å². The van der Waals surface area contributed by atoms with Gasteiger partial charge in [0.15, 0.2) is 5.79 Å². The third-order valence-corrected chi connectivity index (χ3v) is 4.64. The molecule has 0 aromatic rings. The fraction of sp³-hybridized carbons (Fsp3) is 0.929. The van der Waals surface area contributed by atoms with E-state index in [1.165, 1.54) is 0 Å². The Morgan fingerprint density at radius 3 is 2.61 bits per heavy atom.